The molecule has 29 heavy (non-hydrogen) atoms. The maximum Gasteiger partial charge on any atom is 0.270 e. The Hall–Kier alpha value is -3.19. The number of fused-ring (bicyclic) bond motifs is 1. The number of thiazole rings is 1. The highest BCUT2D eigenvalue weighted by atomic mass is 32.1. The third kappa shape index (κ3) is 3.49. The highest BCUT2D eigenvalue weighted by Gasteiger charge is 2.24. The molecule has 1 N–H and O–H groups in total. The molecule has 0 atom stereocenters. The zero-order valence-electron chi connectivity index (χ0n) is 15.6. The molecule has 3 heterocycles. The molecule has 0 spiro atoms. The summed E-state index contributed by atoms with van der Waals surface area (Å²) < 4.78 is 13.1. The van der Waals surface area contributed by atoms with Crippen LogP contribution in [0.15, 0.2) is 60.0 Å². The van der Waals surface area contributed by atoms with Gasteiger partial charge in [-0.1, -0.05) is 18.2 Å². The first-order chi connectivity index (χ1) is 14.2. The summed E-state index contributed by atoms with van der Waals surface area (Å²) >= 11 is 1.58. The van der Waals surface area contributed by atoms with Crippen LogP contribution in [-0.4, -0.2) is 47.0 Å². The van der Waals surface area contributed by atoms with Crippen LogP contribution in [0, 0.1) is 5.82 Å². The number of aromatic amines is 1. The third-order valence-electron chi connectivity index (χ3n) is 5.23. The van der Waals surface area contributed by atoms with E-state index in [1.807, 2.05) is 40.6 Å². The van der Waals surface area contributed by atoms with Gasteiger partial charge in [0.15, 0.2) is 5.13 Å². The van der Waals surface area contributed by atoms with Gasteiger partial charge in [0.25, 0.3) is 5.91 Å². The molecule has 5 rings (SSSR count). The summed E-state index contributed by atoms with van der Waals surface area (Å²) in [6, 6.07) is 16.2. The molecule has 4 aromatic rings. The van der Waals surface area contributed by atoms with Crippen molar-refractivity contribution >= 4 is 33.3 Å². The van der Waals surface area contributed by atoms with Crippen molar-refractivity contribution < 1.29 is 9.18 Å². The second-order valence-corrected chi connectivity index (χ2v) is 7.91. The summed E-state index contributed by atoms with van der Waals surface area (Å²) in [6.07, 6.45) is 0. The van der Waals surface area contributed by atoms with Gasteiger partial charge in [0, 0.05) is 48.0 Å². The number of piperazine rings is 1. The van der Waals surface area contributed by atoms with Gasteiger partial charge in [0.05, 0.1) is 5.69 Å². The number of para-hydroxylation sites is 1. The van der Waals surface area contributed by atoms with Gasteiger partial charge >= 0.3 is 0 Å². The molecule has 0 unspecified atom stereocenters. The fourth-order valence-corrected chi connectivity index (χ4v) is 4.51. The molecule has 0 aliphatic carbocycles. The van der Waals surface area contributed by atoms with Gasteiger partial charge in [0.1, 0.15) is 11.5 Å². The Morgan fingerprint density at radius 3 is 2.55 bits per heavy atom. The molecule has 1 aliphatic rings. The number of hydrogen-bond acceptors (Lipinski definition) is 4. The Bertz CT molecular complexity index is 1130. The number of anilines is 1. The van der Waals surface area contributed by atoms with Crippen LogP contribution in [0.1, 0.15) is 10.5 Å². The zero-order valence-corrected chi connectivity index (χ0v) is 16.5. The third-order valence-corrected chi connectivity index (χ3v) is 6.13. The predicted molar refractivity (Wildman–Crippen MR) is 114 cm³/mol. The molecule has 146 valence electrons. The quantitative estimate of drug-likeness (QED) is 0.549. The first-order valence-corrected chi connectivity index (χ1v) is 10.4. The fourth-order valence-electron chi connectivity index (χ4n) is 3.62. The summed E-state index contributed by atoms with van der Waals surface area (Å²) in [6.45, 7) is 2.78. The molecule has 1 amide bonds. The van der Waals surface area contributed by atoms with Crippen LogP contribution < -0.4 is 4.90 Å². The molecule has 2 aromatic carbocycles. The van der Waals surface area contributed by atoms with E-state index < -0.39 is 0 Å². The normalized spacial score (nSPS) is 14.5. The molecule has 0 radical (unpaired) electrons. The minimum Gasteiger partial charge on any atom is -0.351 e. The largest absolute Gasteiger partial charge is 0.351 e. The highest BCUT2D eigenvalue weighted by molar-refractivity contribution is 7.14. The summed E-state index contributed by atoms with van der Waals surface area (Å²) in [5.74, 6) is -0.216. The van der Waals surface area contributed by atoms with Crippen molar-refractivity contribution in [3.05, 3.63) is 71.5 Å². The SMILES string of the molecule is O=C(c1cc2ccccc2[nH]1)N1CCN(c2nc(-c3ccc(F)cc3)cs2)CC1. The first-order valence-electron chi connectivity index (χ1n) is 9.51. The Labute approximate surface area is 171 Å². The van der Waals surface area contributed by atoms with Crippen molar-refractivity contribution in [3.63, 3.8) is 0 Å². The number of H-pyrrole nitrogens is 1. The molecular weight excluding hydrogens is 387 g/mol. The van der Waals surface area contributed by atoms with Crippen molar-refractivity contribution in [3.8, 4) is 11.3 Å². The maximum atomic E-state index is 13.1. The first kappa shape index (κ1) is 17.9. The highest BCUT2D eigenvalue weighted by Crippen LogP contribution is 2.28. The van der Waals surface area contributed by atoms with Crippen LogP contribution in [0.4, 0.5) is 9.52 Å². The summed E-state index contributed by atoms with van der Waals surface area (Å²) in [4.78, 5) is 24.9. The summed E-state index contributed by atoms with van der Waals surface area (Å²) in [5.41, 5.74) is 3.36. The van der Waals surface area contributed by atoms with E-state index >= 15 is 0 Å². The Morgan fingerprint density at radius 1 is 1.03 bits per heavy atom. The van der Waals surface area contributed by atoms with Crippen LogP contribution in [0.2, 0.25) is 0 Å². The molecular formula is C22H19FN4OS. The second kappa shape index (κ2) is 7.33. The molecule has 2 aromatic heterocycles. The van der Waals surface area contributed by atoms with Crippen LogP contribution in [0.25, 0.3) is 22.2 Å². The predicted octanol–water partition coefficient (Wildman–Crippen LogP) is 4.39. The van der Waals surface area contributed by atoms with E-state index in [-0.39, 0.29) is 11.7 Å². The van der Waals surface area contributed by atoms with Gasteiger partial charge in [0.2, 0.25) is 0 Å². The average molecular weight is 406 g/mol. The minimum absolute atomic E-state index is 0.0342. The summed E-state index contributed by atoms with van der Waals surface area (Å²) in [7, 11) is 0. The second-order valence-electron chi connectivity index (χ2n) is 7.07. The number of halogens is 1. The van der Waals surface area contributed by atoms with Crippen LogP contribution in [0.3, 0.4) is 0 Å². The average Bonchev–Trinajstić information content (AvgIpc) is 3.41. The van der Waals surface area contributed by atoms with Gasteiger partial charge in [-0.2, -0.15) is 0 Å². The topological polar surface area (TPSA) is 52.2 Å². The lowest BCUT2D eigenvalue weighted by atomic mass is 10.2. The Kier molecular flexibility index (Phi) is 4.52. The lowest BCUT2D eigenvalue weighted by Crippen LogP contribution is -2.48. The number of hydrogen-bond donors (Lipinski definition) is 1. The van der Waals surface area contributed by atoms with Gasteiger partial charge in [-0.25, -0.2) is 9.37 Å². The number of nitrogens with one attached hydrogen (secondary N) is 1. The van der Waals surface area contributed by atoms with E-state index in [4.69, 9.17) is 4.98 Å². The number of nitrogens with zero attached hydrogens (tertiary/aromatic N) is 3. The monoisotopic (exact) mass is 406 g/mol. The number of carbonyl (C=O) groups is 1. The Morgan fingerprint density at radius 2 is 1.79 bits per heavy atom. The van der Waals surface area contributed by atoms with E-state index in [1.165, 1.54) is 12.1 Å². The molecule has 0 bridgehead atoms. The molecule has 1 aliphatic heterocycles. The molecule has 0 saturated carbocycles. The summed E-state index contributed by atoms with van der Waals surface area (Å²) in [5, 5.41) is 3.97. The van der Waals surface area contributed by atoms with Crippen LogP contribution >= 0.6 is 11.3 Å². The smallest absolute Gasteiger partial charge is 0.270 e. The van der Waals surface area contributed by atoms with Gasteiger partial charge in [-0.15, -0.1) is 11.3 Å². The van der Waals surface area contributed by atoms with Crippen molar-refractivity contribution in [2.24, 2.45) is 0 Å². The molecule has 1 saturated heterocycles. The van der Waals surface area contributed by atoms with E-state index in [9.17, 15) is 9.18 Å². The van der Waals surface area contributed by atoms with Crippen molar-refractivity contribution in [1.82, 2.24) is 14.9 Å². The van der Waals surface area contributed by atoms with Crippen molar-refractivity contribution in [2.75, 3.05) is 31.1 Å². The number of aromatic nitrogens is 2. The van der Waals surface area contributed by atoms with E-state index in [0.29, 0.717) is 18.8 Å². The maximum absolute atomic E-state index is 13.1. The lowest BCUT2D eigenvalue weighted by Gasteiger charge is -2.34. The van der Waals surface area contributed by atoms with Gasteiger partial charge in [-0.05, 0) is 36.4 Å². The lowest BCUT2D eigenvalue weighted by molar-refractivity contribution is 0.0742. The number of carbonyl (C=O) groups excluding carboxylic acids is 1. The minimum atomic E-state index is -0.250. The molecule has 5 nitrogen and oxygen atoms in total. The fraction of sp³-hybridized carbons (Fsp3) is 0.182. The molecule has 7 heteroatoms. The standard InChI is InChI=1S/C22H19FN4OS/c23-17-7-5-15(6-8-17)20-14-29-22(25-20)27-11-9-26(10-12-27)21(28)19-13-16-3-1-2-4-18(16)24-19/h1-8,13-14,24H,9-12H2. The van der Waals surface area contributed by atoms with Gasteiger partial charge in [-0.3, -0.25) is 4.79 Å². The number of amides is 1. The van der Waals surface area contributed by atoms with Crippen molar-refractivity contribution in [1.29, 1.82) is 0 Å². The Balaban J connectivity index is 1.25. The number of rotatable bonds is 3. The van der Waals surface area contributed by atoms with Crippen molar-refractivity contribution in [2.45, 2.75) is 0 Å². The van der Waals surface area contributed by atoms with Crippen LogP contribution in [0.5, 0.6) is 0 Å². The van der Waals surface area contributed by atoms with E-state index in [2.05, 4.69) is 9.88 Å². The van der Waals surface area contributed by atoms with Gasteiger partial charge < -0.3 is 14.8 Å². The van der Waals surface area contributed by atoms with E-state index in [1.54, 1.807) is 23.5 Å². The number of benzene rings is 2. The van der Waals surface area contributed by atoms with Crippen LogP contribution in [-0.2, 0) is 0 Å². The zero-order chi connectivity index (χ0) is 19.8. The molecule has 1 fully saturated rings. The van der Waals surface area contributed by atoms with E-state index in [0.717, 1.165) is 40.4 Å².